The number of esters is 1. The second-order valence-corrected chi connectivity index (χ2v) is 8.53. The Hall–Kier alpha value is -3.51. The first-order chi connectivity index (χ1) is 15.5. The van der Waals surface area contributed by atoms with Crippen LogP contribution in [-0.2, 0) is 9.53 Å². The molecule has 0 N–H and O–H groups in total. The third-order valence-corrected chi connectivity index (χ3v) is 6.19. The first-order valence-corrected chi connectivity index (χ1v) is 11.3. The molecule has 1 aliphatic rings. The molecular weight excluding hydrogens is 420 g/mol. The summed E-state index contributed by atoms with van der Waals surface area (Å²) in [6, 6.07) is 17.2. The van der Waals surface area contributed by atoms with E-state index in [-0.39, 0.29) is 12.2 Å². The van der Waals surface area contributed by atoms with E-state index in [2.05, 4.69) is 4.99 Å². The molecule has 2 heterocycles. The number of carbonyl (C=O) groups excluding carboxylic acids is 1. The molecule has 3 aromatic rings. The monoisotopic (exact) mass is 444 g/mol. The van der Waals surface area contributed by atoms with Crippen LogP contribution in [0.15, 0.2) is 81.7 Å². The maximum Gasteiger partial charge on any atom is 0.338 e. The highest BCUT2D eigenvalue weighted by Gasteiger charge is 2.30. The largest absolute Gasteiger partial charge is 0.463 e. The lowest BCUT2D eigenvalue weighted by Crippen LogP contribution is -2.38. The smallest absolute Gasteiger partial charge is 0.338 e. The van der Waals surface area contributed by atoms with E-state index < -0.39 is 12.0 Å². The van der Waals surface area contributed by atoms with Crippen LogP contribution in [0, 0.1) is 6.92 Å². The second kappa shape index (κ2) is 9.32. The van der Waals surface area contributed by atoms with Gasteiger partial charge in [-0.15, -0.1) is 0 Å². The molecule has 4 rings (SSSR count). The van der Waals surface area contributed by atoms with Gasteiger partial charge in [0.1, 0.15) is 0 Å². The first kappa shape index (κ1) is 21.7. The van der Waals surface area contributed by atoms with Gasteiger partial charge in [-0.25, -0.2) is 9.79 Å². The highest BCUT2D eigenvalue weighted by molar-refractivity contribution is 7.07. The molecule has 0 fully saturated rings. The number of hydrogen-bond acceptors (Lipinski definition) is 5. The summed E-state index contributed by atoms with van der Waals surface area (Å²) in [6.07, 6.45) is 5.65. The Labute approximate surface area is 190 Å². The van der Waals surface area contributed by atoms with Crippen LogP contribution in [0.1, 0.15) is 36.6 Å². The Morgan fingerprint density at radius 2 is 1.81 bits per heavy atom. The van der Waals surface area contributed by atoms with Gasteiger partial charge in [-0.1, -0.05) is 83.6 Å². The van der Waals surface area contributed by atoms with Crippen LogP contribution in [0.3, 0.4) is 0 Å². The van der Waals surface area contributed by atoms with E-state index in [0.717, 1.165) is 16.7 Å². The number of hydrogen-bond donors (Lipinski definition) is 0. The van der Waals surface area contributed by atoms with Gasteiger partial charge >= 0.3 is 5.97 Å². The van der Waals surface area contributed by atoms with Crippen LogP contribution in [0.2, 0.25) is 0 Å². The van der Waals surface area contributed by atoms with Crippen molar-refractivity contribution in [2.24, 2.45) is 4.99 Å². The van der Waals surface area contributed by atoms with Crippen LogP contribution in [0.5, 0.6) is 0 Å². The van der Waals surface area contributed by atoms with Crippen LogP contribution in [0.4, 0.5) is 0 Å². The molecule has 0 amide bonds. The van der Waals surface area contributed by atoms with E-state index in [1.807, 2.05) is 79.7 Å². The van der Waals surface area contributed by atoms with E-state index in [1.54, 1.807) is 18.4 Å². The van der Waals surface area contributed by atoms with Gasteiger partial charge in [-0.2, -0.15) is 0 Å². The summed E-state index contributed by atoms with van der Waals surface area (Å²) in [5, 5.41) is 0. The maximum absolute atomic E-state index is 13.4. The van der Waals surface area contributed by atoms with E-state index in [1.165, 1.54) is 11.3 Å². The van der Waals surface area contributed by atoms with Gasteiger partial charge in [0.15, 0.2) is 4.80 Å². The van der Waals surface area contributed by atoms with Crippen molar-refractivity contribution in [2.75, 3.05) is 6.61 Å². The lowest BCUT2D eigenvalue weighted by atomic mass is 10.0. The molecule has 6 heteroatoms. The third-order valence-electron chi connectivity index (χ3n) is 5.20. The molecule has 1 aliphatic heterocycles. The third kappa shape index (κ3) is 4.41. The summed E-state index contributed by atoms with van der Waals surface area (Å²) in [7, 11) is 0. The van der Waals surface area contributed by atoms with Crippen LogP contribution >= 0.6 is 11.3 Å². The number of thiazole rings is 1. The zero-order valence-corrected chi connectivity index (χ0v) is 19.1. The van der Waals surface area contributed by atoms with Crippen molar-refractivity contribution in [2.45, 2.75) is 26.8 Å². The minimum absolute atomic E-state index is 0.175. The maximum atomic E-state index is 13.4. The molecule has 0 radical (unpaired) electrons. The Morgan fingerprint density at radius 1 is 1.09 bits per heavy atom. The highest BCUT2D eigenvalue weighted by atomic mass is 32.1. The van der Waals surface area contributed by atoms with Crippen molar-refractivity contribution >= 4 is 29.5 Å². The number of nitrogens with zero attached hydrogens (tertiary/aromatic N) is 2. The molecule has 0 bridgehead atoms. The first-order valence-electron chi connectivity index (χ1n) is 10.5. The summed E-state index contributed by atoms with van der Waals surface area (Å²) in [5.74, 6) is -0.454. The topological polar surface area (TPSA) is 60.7 Å². The van der Waals surface area contributed by atoms with Crippen molar-refractivity contribution in [3.8, 4) is 0 Å². The molecule has 0 saturated heterocycles. The molecule has 0 saturated carbocycles. The van der Waals surface area contributed by atoms with Gasteiger partial charge in [-0.3, -0.25) is 9.36 Å². The zero-order valence-electron chi connectivity index (χ0n) is 18.2. The number of allylic oxidation sites excluding steroid dienone is 2. The summed E-state index contributed by atoms with van der Waals surface area (Å²) < 4.78 is 7.45. The molecular formula is C26H24N2O3S. The van der Waals surface area contributed by atoms with Crippen LogP contribution < -0.4 is 14.9 Å². The van der Waals surface area contributed by atoms with Gasteiger partial charge in [0.25, 0.3) is 5.56 Å². The molecule has 162 valence electrons. The number of benzene rings is 2. The van der Waals surface area contributed by atoms with Crippen molar-refractivity contribution < 1.29 is 9.53 Å². The lowest BCUT2D eigenvalue weighted by molar-refractivity contribution is -0.139. The second-order valence-electron chi connectivity index (χ2n) is 7.53. The standard InChI is InChI=1S/C26H24N2O3S/c1-4-31-25(30)23-18(3)27-26-28(21(23)15-14-19-8-6-5-7-9-19)24(29)22(32-26)16-20-12-10-17(2)11-13-20/h5-16,21H,4H2,1-3H3. The molecule has 2 aromatic carbocycles. The molecule has 1 atom stereocenters. The molecule has 0 aliphatic carbocycles. The van der Waals surface area contributed by atoms with Crippen molar-refractivity contribution in [1.29, 1.82) is 0 Å². The van der Waals surface area contributed by atoms with E-state index in [4.69, 9.17) is 4.74 Å². The zero-order chi connectivity index (χ0) is 22.7. The van der Waals surface area contributed by atoms with Crippen LogP contribution in [0.25, 0.3) is 12.2 Å². The Morgan fingerprint density at radius 3 is 2.50 bits per heavy atom. The van der Waals surface area contributed by atoms with E-state index in [0.29, 0.717) is 20.6 Å². The minimum Gasteiger partial charge on any atom is -0.463 e. The van der Waals surface area contributed by atoms with Gasteiger partial charge in [0, 0.05) is 0 Å². The number of ether oxygens (including phenoxy) is 1. The fourth-order valence-electron chi connectivity index (χ4n) is 3.60. The average molecular weight is 445 g/mol. The van der Waals surface area contributed by atoms with Gasteiger partial charge in [0.05, 0.1) is 28.5 Å². The number of carbonyl (C=O) groups is 1. The number of aryl methyl sites for hydroxylation is 1. The van der Waals surface area contributed by atoms with Gasteiger partial charge in [-0.05, 0) is 38.0 Å². The van der Waals surface area contributed by atoms with Gasteiger partial charge in [0.2, 0.25) is 0 Å². The summed E-state index contributed by atoms with van der Waals surface area (Å²) in [6.45, 7) is 5.82. The molecule has 1 unspecified atom stereocenters. The normalized spacial score (nSPS) is 16.2. The quantitative estimate of drug-likeness (QED) is 0.563. The Kier molecular flexibility index (Phi) is 6.32. The Balaban J connectivity index is 1.87. The number of rotatable bonds is 5. The molecule has 32 heavy (non-hydrogen) atoms. The summed E-state index contributed by atoms with van der Waals surface area (Å²) >= 11 is 1.33. The molecule has 5 nitrogen and oxygen atoms in total. The van der Waals surface area contributed by atoms with Crippen molar-refractivity contribution in [3.63, 3.8) is 0 Å². The number of aromatic nitrogens is 1. The van der Waals surface area contributed by atoms with E-state index >= 15 is 0 Å². The van der Waals surface area contributed by atoms with Crippen molar-refractivity contribution in [1.82, 2.24) is 4.57 Å². The minimum atomic E-state index is -0.592. The Bertz CT molecular complexity index is 1380. The van der Waals surface area contributed by atoms with E-state index in [9.17, 15) is 9.59 Å². The predicted octanol–water partition coefficient (Wildman–Crippen LogP) is 3.77. The SMILES string of the molecule is CCOC(=O)C1=C(C)N=c2sc(=Cc3ccc(C)cc3)c(=O)n2C1C=Cc1ccccc1. The van der Waals surface area contributed by atoms with Crippen LogP contribution in [-0.4, -0.2) is 17.1 Å². The highest BCUT2D eigenvalue weighted by Crippen LogP contribution is 2.26. The summed E-state index contributed by atoms with van der Waals surface area (Å²) in [5.41, 5.74) is 3.85. The number of fused-ring (bicyclic) bond motifs is 1. The molecule has 1 aromatic heterocycles. The fourth-order valence-corrected chi connectivity index (χ4v) is 4.65. The van der Waals surface area contributed by atoms with Crippen molar-refractivity contribution in [3.05, 3.63) is 108 Å². The van der Waals surface area contributed by atoms with Gasteiger partial charge < -0.3 is 4.74 Å². The average Bonchev–Trinajstić information content (AvgIpc) is 3.09. The summed E-state index contributed by atoms with van der Waals surface area (Å²) in [4.78, 5) is 31.4. The predicted molar refractivity (Wildman–Crippen MR) is 128 cm³/mol. The lowest BCUT2D eigenvalue weighted by Gasteiger charge is -2.21. The molecule has 0 spiro atoms. The fraction of sp³-hybridized carbons (Fsp3) is 0.192.